The van der Waals surface area contributed by atoms with Crippen molar-refractivity contribution in [3.8, 4) is 16.8 Å². The van der Waals surface area contributed by atoms with Gasteiger partial charge >= 0.3 is 12.4 Å². The molecule has 11 heteroatoms. The molecule has 176 valence electrons. The predicted octanol–water partition coefficient (Wildman–Crippen LogP) is 6.32. The smallest absolute Gasteiger partial charge is 0.359 e. The quantitative estimate of drug-likeness (QED) is 0.337. The number of rotatable bonds is 4. The lowest BCUT2D eigenvalue weighted by Crippen LogP contribution is -2.36. The standard InChI is InChI=1S/C23H16F6N4O/c24-22(25,26)15-2-4-16(5-3-15)33-12-14(10-31-33)13-1-6-18-17(9-13)19(11-30-18)32-20(34)21(7-8-21)23(27,28)29/h1-6,9-12,30H,7-8H2,(H,32,34). The van der Waals surface area contributed by atoms with Crippen molar-refractivity contribution in [2.45, 2.75) is 25.2 Å². The maximum Gasteiger partial charge on any atom is 0.416 e. The van der Waals surface area contributed by atoms with Gasteiger partial charge in [0.25, 0.3) is 0 Å². The van der Waals surface area contributed by atoms with E-state index in [4.69, 9.17) is 0 Å². The number of benzene rings is 2. The highest BCUT2D eigenvalue weighted by Gasteiger charge is 2.68. The van der Waals surface area contributed by atoms with Crippen LogP contribution in [0.25, 0.3) is 27.7 Å². The monoisotopic (exact) mass is 478 g/mol. The van der Waals surface area contributed by atoms with Crippen LogP contribution in [-0.4, -0.2) is 26.8 Å². The van der Waals surface area contributed by atoms with Gasteiger partial charge < -0.3 is 10.3 Å². The summed E-state index contributed by atoms with van der Waals surface area (Å²) >= 11 is 0. The van der Waals surface area contributed by atoms with E-state index in [2.05, 4.69) is 15.4 Å². The molecular weight excluding hydrogens is 462 g/mol. The molecule has 0 unspecified atom stereocenters. The molecular formula is C23H16F6N4O. The number of alkyl halides is 6. The van der Waals surface area contributed by atoms with E-state index in [9.17, 15) is 31.1 Å². The molecule has 2 N–H and O–H groups in total. The highest BCUT2D eigenvalue weighted by atomic mass is 19.4. The minimum atomic E-state index is -4.61. The first-order chi connectivity index (χ1) is 16.0. The Morgan fingerprint density at radius 1 is 1.00 bits per heavy atom. The second-order valence-electron chi connectivity index (χ2n) is 8.21. The molecule has 2 aromatic heterocycles. The number of nitrogens with one attached hydrogen (secondary N) is 2. The van der Waals surface area contributed by atoms with Gasteiger partial charge in [0.05, 0.1) is 23.1 Å². The van der Waals surface area contributed by atoms with Crippen LogP contribution in [0.2, 0.25) is 0 Å². The van der Waals surface area contributed by atoms with Gasteiger partial charge in [-0.25, -0.2) is 4.68 Å². The van der Waals surface area contributed by atoms with Gasteiger partial charge in [-0.2, -0.15) is 31.4 Å². The minimum absolute atomic E-state index is 0.229. The molecule has 0 spiro atoms. The summed E-state index contributed by atoms with van der Waals surface area (Å²) in [5.74, 6) is -1.08. The third-order valence-electron chi connectivity index (χ3n) is 6.03. The van der Waals surface area contributed by atoms with Gasteiger partial charge in [0.2, 0.25) is 5.91 Å². The van der Waals surface area contributed by atoms with Crippen molar-refractivity contribution in [2.75, 3.05) is 5.32 Å². The fraction of sp³-hybridized carbons (Fsp3) is 0.217. The van der Waals surface area contributed by atoms with Crippen molar-refractivity contribution in [1.29, 1.82) is 0 Å². The third kappa shape index (κ3) is 3.70. The van der Waals surface area contributed by atoms with Gasteiger partial charge in [0.1, 0.15) is 5.41 Å². The number of amides is 1. The second-order valence-corrected chi connectivity index (χ2v) is 8.21. The van der Waals surface area contributed by atoms with Crippen molar-refractivity contribution < 1.29 is 31.1 Å². The van der Waals surface area contributed by atoms with Gasteiger partial charge in [0.15, 0.2) is 0 Å². The van der Waals surface area contributed by atoms with E-state index in [0.29, 0.717) is 27.7 Å². The average molecular weight is 478 g/mol. The minimum Gasteiger partial charge on any atom is -0.359 e. The largest absolute Gasteiger partial charge is 0.416 e. The number of carbonyl (C=O) groups excluding carboxylic acids is 1. The summed E-state index contributed by atoms with van der Waals surface area (Å²) in [6.45, 7) is 0. The summed E-state index contributed by atoms with van der Waals surface area (Å²) in [5, 5.41) is 7.11. The van der Waals surface area contributed by atoms with Crippen molar-refractivity contribution in [3.63, 3.8) is 0 Å². The number of H-pyrrole nitrogens is 1. The Morgan fingerprint density at radius 3 is 2.32 bits per heavy atom. The van der Waals surface area contributed by atoms with E-state index in [-0.39, 0.29) is 18.5 Å². The van der Waals surface area contributed by atoms with Crippen LogP contribution >= 0.6 is 0 Å². The number of aromatic amines is 1. The van der Waals surface area contributed by atoms with Crippen LogP contribution < -0.4 is 5.32 Å². The zero-order chi connectivity index (χ0) is 24.3. The molecule has 1 amide bonds. The van der Waals surface area contributed by atoms with Gasteiger partial charge in [-0.15, -0.1) is 0 Å². The Bertz CT molecular complexity index is 1380. The molecule has 0 atom stereocenters. The summed E-state index contributed by atoms with van der Waals surface area (Å²) in [6.07, 6.45) is -4.94. The first-order valence-electron chi connectivity index (χ1n) is 10.2. The number of anilines is 1. The topological polar surface area (TPSA) is 62.7 Å². The maximum absolute atomic E-state index is 13.3. The lowest BCUT2D eigenvalue weighted by Gasteiger charge is -2.18. The highest BCUT2D eigenvalue weighted by Crippen LogP contribution is 2.58. The Hall–Kier alpha value is -3.76. The summed E-state index contributed by atoms with van der Waals surface area (Å²) in [4.78, 5) is 15.3. The zero-order valence-electron chi connectivity index (χ0n) is 17.3. The van der Waals surface area contributed by atoms with E-state index in [0.717, 1.165) is 12.1 Å². The number of hydrogen-bond acceptors (Lipinski definition) is 2. The molecule has 5 nitrogen and oxygen atoms in total. The van der Waals surface area contributed by atoms with Crippen LogP contribution in [0.3, 0.4) is 0 Å². The second kappa shape index (κ2) is 7.37. The summed E-state index contributed by atoms with van der Waals surface area (Å²) < 4.78 is 79.5. The first kappa shape index (κ1) is 22.1. The molecule has 0 saturated heterocycles. The number of carbonyl (C=O) groups is 1. The number of fused-ring (bicyclic) bond motifs is 1. The molecule has 0 bridgehead atoms. The van der Waals surface area contributed by atoms with Crippen LogP contribution in [0, 0.1) is 5.41 Å². The van der Waals surface area contributed by atoms with Gasteiger partial charge in [0, 0.05) is 28.9 Å². The zero-order valence-corrected chi connectivity index (χ0v) is 17.3. The lowest BCUT2D eigenvalue weighted by molar-refractivity contribution is -0.189. The van der Waals surface area contributed by atoms with Crippen molar-refractivity contribution in [2.24, 2.45) is 5.41 Å². The van der Waals surface area contributed by atoms with Crippen LogP contribution in [0.4, 0.5) is 32.0 Å². The third-order valence-corrected chi connectivity index (χ3v) is 6.03. The lowest BCUT2D eigenvalue weighted by atomic mass is 10.0. The van der Waals surface area contributed by atoms with Crippen LogP contribution in [0.15, 0.2) is 61.1 Å². The van der Waals surface area contributed by atoms with Crippen molar-refractivity contribution >= 4 is 22.5 Å². The molecule has 1 aliphatic carbocycles. The highest BCUT2D eigenvalue weighted by molar-refractivity contribution is 6.05. The molecule has 2 aromatic carbocycles. The van der Waals surface area contributed by atoms with E-state index >= 15 is 0 Å². The van der Waals surface area contributed by atoms with Gasteiger partial charge in [-0.3, -0.25) is 4.79 Å². The molecule has 2 heterocycles. The number of nitrogens with zero attached hydrogens (tertiary/aromatic N) is 2. The average Bonchev–Trinajstić information content (AvgIpc) is 3.32. The van der Waals surface area contributed by atoms with Crippen LogP contribution in [0.5, 0.6) is 0 Å². The summed E-state index contributed by atoms with van der Waals surface area (Å²) in [7, 11) is 0. The maximum atomic E-state index is 13.3. The molecule has 0 radical (unpaired) electrons. The predicted molar refractivity (Wildman–Crippen MR) is 112 cm³/mol. The number of hydrogen-bond donors (Lipinski definition) is 2. The number of aromatic nitrogens is 3. The molecule has 1 aliphatic rings. The van der Waals surface area contributed by atoms with E-state index < -0.39 is 29.2 Å². The first-order valence-corrected chi connectivity index (χ1v) is 10.2. The van der Waals surface area contributed by atoms with Crippen LogP contribution in [-0.2, 0) is 11.0 Å². The normalized spacial score (nSPS) is 15.5. The summed E-state index contributed by atoms with van der Waals surface area (Å²) in [6, 6.07) is 9.70. The molecule has 0 aliphatic heterocycles. The van der Waals surface area contributed by atoms with E-state index in [1.807, 2.05) is 0 Å². The molecule has 4 aromatic rings. The Kier molecular flexibility index (Phi) is 4.78. The van der Waals surface area contributed by atoms with E-state index in [1.165, 1.54) is 29.2 Å². The Balaban J connectivity index is 1.41. The van der Waals surface area contributed by atoms with Crippen molar-refractivity contribution in [3.05, 3.63) is 66.6 Å². The molecule has 1 saturated carbocycles. The van der Waals surface area contributed by atoms with Gasteiger partial charge in [-0.05, 0) is 54.8 Å². The molecule has 5 rings (SSSR count). The Labute approximate surface area is 188 Å². The fourth-order valence-corrected chi connectivity index (χ4v) is 3.83. The van der Waals surface area contributed by atoms with Crippen LogP contribution in [0.1, 0.15) is 18.4 Å². The van der Waals surface area contributed by atoms with Gasteiger partial charge in [-0.1, -0.05) is 6.07 Å². The fourth-order valence-electron chi connectivity index (χ4n) is 3.83. The number of halogens is 6. The van der Waals surface area contributed by atoms with E-state index in [1.54, 1.807) is 24.4 Å². The SMILES string of the molecule is O=C(Nc1c[nH]c2ccc(-c3cnn(-c4ccc(C(F)(F)F)cc4)c3)cc12)C1(C(F)(F)F)CC1. The summed E-state index contributed by atoms with van der Waals surface area (Å²) in [5.41, 5.74) is -0.534. The van der Waals surface area contributed by atoms with Crippen molar-refractivity contribution in [1.82, 2.24) is 14.8 Å². The molecule has 1 fully saturated rings. The Morgan fingerprint density at radius 2 is 1.71 bits per heavy atom. The molecule has 34 heavy (non-hydrogen) atoms.